The van der Waals surface area contributed by atoms with E-state index in [0.29, 0.717) is 17.9 Å². The van der Waals surface area contributed by atoms with Gasteiger partial charge in [0.05, 0.1) is 18.9 Å². The summed E-state index contributed by atoms with van der Waals surface area (Å²) in [6.07, 6.45) is 0.458. The molecule has 1 aliphatic heterocycles. The molecule has 0 spiro atoms. The number of anilines is 1. The molecule has 0 saturated carbocycles. The number of amides is 1. The molecule has 1 N–H and O–H groups in total. The molecule has 5 heteroatoms. The van der Waals surface area contributed by atoms with Crippen LogP contribution in [0, 0.1) is 0 Å². The first kappa shape index (κ1) is 16.5. The first-order valence-electron chi connectivity index (χ1n) is 8.23. The molecule has 2 aromatic rings. The van der Waals surface area contributed by atoms with Gasteiger partial charge in [-0.15, -0.1) is 0 Å². The van der Waals surface area contributed by atoms with E-state index in [4.69, 9.17) is 9.47 Å². The number of nitrogens with zero attached hydrogens (tertiary/aromatic N) is 1. The number of carbonyl (C=O) groups is 1. The number of benzene rings is 2. The fourth-order valence-corrected chi connectivity index (χ4v) is 2.57. The highest BCUT2D eigenvalue weighted by atomic mass is 16.5. The van der Waals surface area contributed by atoms with Crippen LogP contribution in [0.5, 0.6) is 11.5 Å². The van der Waals surface area contributed by atoms with Crippen LogP contribution in [0.4, 0.5) is 5.69 Å². The van der Waals surface area contributed by atoms with Gasteiger partial charge in [0.15, 0.2) is 5.75 Å². The van der Waals surface area contributed by atoms with Gasteiger partial charge in [0.25, 0.3) is 0 Å². The fourth-order valence-electron chi connectivity index (χ4n) is 2.57. The Bertz CT molecular complexity index is 655. The summed E-state index contributed by atoms with van der Waals surface area (Å²) in [5.74, 6) is 1.38. The van der Waals surface area contributed by atoms with Crippen LogP contribution >= 0.6 is 0 Å². The van der Waals surface area contributed by atoms with Crippen molar-refractivity contribution in [2.45, 2.75) is 6.42 Å². The lowest BCUT2D eigenvalue weighted by atomic mass is 10.2. The molecule has 1 amide bonds. The molecule has 0 atom stereocenters. The number of hydrogen-bond donors (Lipinski definition) is 1. The summed E-state index contributed by atoms with van der Waals surface area (Å²) in [5, 5.41) is 2.95. The van der Waals surface area contributed by atoms with Crippen LogP contribution in [0.1, 0.15) is 6.42 Å². The number of carbonyl (C=O) groups excluding carboxylic acids is 1. The average Bonchev–Trinajstić information content (AvgIpc) is 2.63. The van der Waals surface area contributed by atoms with Gasteiger partial charge in [0, 0.05) is 26.1 Å². The van der Waals surface area contributed by atoms with E-state index in [1.807, 2.05) is 54.6 Å². The van der Waals surface area contributed by atoms with Gasteiger partial charge in [-0.3, -0.25) is 9.69 Å². The van der Waals surface area contributed by atoms with E-state index in [1.54, 1.807) is 0 Å². The first-order valence-corrected chi connectivity index (χ1v) is 8.23. The number of nitrogens with one attached hydrogen (secondary N) is 1. The Morgan fingerprint density at radius 2 is 1.75 bits per heavy atom. The van der Waals surface area contributed by atoms with Gasteiger partial charge in [0.1, 0.15) is 5.75 Å². The Labute approximate surface area is 142 Å². The predicted molar refractivity (Wildman–Crippen MR) is 93.5 cm³/mol. The molecule has 126 valence electrons. The Hall–Kier alpha value is -2.37. The molecule has 1 heterocycles. The second-order valence-corrected chi connectivity index (χ2v) is 5.66. The molecule has 0 aromatic heterocycles. The van der Waals surface area contributed by atoms with Crippen molar-refractivity contribution in [3.8, 4) is 11.5 Å². The molecule has 0 radical (unpaired) electrons. The number of hydrogen-bond acceptors (Lipinski definition) is 4. The van der Waals surface area contributed by atoms with E-state index in [2.05, 4.69) is 10.2 Å². The minimum absolute atomic E-state index is 0.00870. The van der Waals surface area contributed by atoms with Crippen molar-refractivity contribution < 1.29 is 14.3 Å². The lowest BCUT2D eigenvalue weighted by molar-refractivity contribution is -0.116. The maximum atomic E-state index is 12.2. The first-order chi connectivity index (χ1) is 11.8. The molecular weight excluding hydrogens is 304 g/mol. The van der Waals surface area contributed by atoms with Crippen molar-refractivity contribution in [2.24, 2.45) is 0 Å². The molecule has 5 nitrogen and oxygen atoms in total. The molecule has 2 aromatic carbocycles. The van der Waals surface area contributed by atoms with Crippen LogP contribution in [0.15, 0.2) is 54.6 Å². The Morgan fingerprint density at radius 1 is 1.04 bits per heavy atom. The smallest absolute Gasteiger partial charge is 0.225 e. The van der Waals surface area contributed by atoms with Gasteiger partial charge >= 0.3 is 0 Å². The summed E-state index contributed by atoms with van der Waals surface area (Å²) in [7, 11) is 0. The third-order valence-corrected chi connectivity index (χ3v) is 3.89. The topological polar surface area (TPSA) is 50.8 Å². The number of morpholine rings is 1. The van der Waals surface area contributed by atoms with Crippen molar-refractivity contribution in [3.63, 3.8) is 0 Å². The second-order valence-electron chi connectivity index (χ2n) is 5.66. The van der Waals surface area contributed by atoms with Gasteiger partial charge < -0.3 is 14.8 Å². The third kappa shape index (κ3) is 4.81. The highest BCUT2D eigenvalue weighted by molar-refractivity contribution is 5.92. The van der Waals surface area contributed by atoms with Crippen molar-refractivity contribution in [1.82, 2.24) is 4.90 Å². The third-order valence-electron chi connectivity index (χ3n) is 3.89. The maximum Gasteiger partial charge on any atom is 0.225 e. The molecule has 1 aliphatic rings. The van der Waals surface area contributed by atoms with Crippen molar-refractivity contribution >= 4 is 11.6 Å². The lowest BCUT2D eigenvalue weighted by Gasteiger charge is -2.26. The van der Waals surface area contributed by atoms with Crippen LogP contribution in [0.25, 0.3) is 0 Å². The Kier molecular flexibility index (Phi) is 5.82. The van der Waals surface area contributed by atoms with Crippen molar-refractivity contribution in [2.75, 3.05) is 38.2 Å². The zero-order chi connectivity index (χ0) is 16.6. The number of para-hydroxylation sites is 3. The van der Waals surface area contributed by atoms with E-state index < -0.39 is 0 Å². The van der Waals surface area contributed by atoms with Crippen LogP contribution in [0.3, 0.4) is 0 Å². The van der Waals surface area contributed by atoms with E-state index in [1.165, 1.54) is 0 Å². The predicted octanol–water partition coefficient (Wildman–Crippen LogP) is 3.14. The van der Waals surface area contributed by atoms with Gasteiger partial charge in [-0.2, -0.15) is 0 Å². The summed E-state index contributed by atoms with van der Waals surface area (Å²) in [6.45, 7) is 4.02. The van der Waals surface area contributed by atoms with Crippen molar-refractivity contribution in [3.05, 3.63) is 54.6 Å². The minimum atomic E-state index is -0.00870. The molecule has 1 fully saturated rings. The maximum absolute atomic E-state index is 12.2. The SMILES string of the molecule is O=C(CCN1CCOCC1)Nc1ccccc1Oc1ccccc1. The van der Waals surface area contributed by atoms with E-state index in [0.717, 1.165) is 38.6 Å². The highest BCUT2D eigenvalue weighted by Gasteiger charge is 2.13. The van der Waals surface area contributed by atoms with E-state index in [-0.39, 0.29) is 5.91 Å². The standard InChI is InChI=1S/C19H22N2O3/c22-19(10-11-21-12-14-23-15-13-21)20-17-8-4-5-9-18(17)24-16-6-2-1-3-7-16/h1-9H,10-15H2,(H,20,22). The van der Waals surface area contributed by atoms with Gasteiger partial charge in [-0.05, 0) is 24.3 Å². The lowest BCUT2D eigenvalue weighted by Crippen LogP contribution is -2.38. The summed E-state index contributed by atoms with van der Waals surface area (Å²) in [6, 6.07) is 17.0. The molecule has 3 rings (SSSR count). The van der Waals surface area contributed by atoms with E-state index >= 15 is 0 Å². The molecule has 0 unspecified atom stereocenters. The summed E-state index contributed by atoms with van der Waals surface area (Å²) in [5.41, 5.74) is 0.688. The Balaban J connectivity index is 1.57. The zero-order valence-corrected chi connectivity index (χ0v) is 13.6. The molecule has 0 aliphatic carbocycles. The summed E-state index contributed by atoms with van der Waals surface area (Å²) in [4.78, 5) is 14.5. The van der Waals surface area contributed by atoms with Crippen LogP contribution in [0.2, 0.25) is 0 Å². The Morgan fingerprint density at radius 3 is 2.54 bits per heavy atom. The molecule has 0 bridgehead atoms. The van der Waals surface area contributed by atoms with E-state index in [9.17, 15) is 4.79 Å². The van der Waals surface area contributed by atoms with Crippen LogP contribution in [-0.4, -0.2) is 43.7 Å². The second kappa shape index (κ2) is 8.47. The summed E-state index contributed by atoms with van der Waals surface area (Å²) >= 11 is 0. The van der Waals surface area contributed by atoms with Crippen LogP contribution in [-0.2, 0) is 9.53 Å². The average molecular weight is 326 g/mol. The highest BCUT2D eigenvalue weighted by Crippen LogP contribution is 2.29. The molecular formula is C19H22N2O3. The minimum Gasteiger partial charge on any atom is -0.455 e. The fraction of sp³-hybridized carbons (Fsp3) is 0.316. The summed E-state index contributed by atoms with van der Waals surface area (Å²) < 4.78 is 11.2. The largest absolute Gasteiger partial charge is 0.455 e. The monoisotopic (exact) mass is 326 g/mol. The van der Waals surface area contributed by atoms with Crippen molar-refractivity contribution in [1.29, 1.82) is 0 Å². The zero-order valence-electron chi connectivity index (χ0n) is 13.6. The molecule has 24 heavy (non-hydrogen) atoms. The molecule has 1 saturated heterocycles. The van der Waals surface area contributed by atoms with Gasteiger partial charge in [-0.1, -0.05) is 30.3 Å². The normalized spacial score (nSPS) is 15.0. The van der Waals surface area contributed by atoms with Gasteiger partial charge in [0.2, 0.25) is 5.91 Å². The number of rotatable bonds is 6. The quantitative estimate of drug-likeness (QED) is 0.886. The van der Waals surface area contributed by atoms with Crippen LogP contribution < -0.4 is 10.1 Å². The van der Waals surface area contributed by atoms with Gasteiger partial charge in [-0.25, -0.2) is 0 Å². The number of ether oxygens (including phenoxy) is 2.